The lowest BCUT2D eigenvalue weighted by Crippen LogP contribution is -2.27. The molecule has 3 N–H and O–H groups in total. The summed E-state index contributed by atoms with van der Waals surface area (Å²) >= 11 is 0. The van der Waals surface area contributed by atoms with E-state index in [2.05, 4.69) is 4.74 Å². The molecule has 0 bridgehead atoms. The van der Waals surface area contributed by atoms with Gasteiger partial charge in [0.05, 0.1) is 6.61 Å². The fraction of sp³-hybridized carbons (Fsp3) is 0.833. The van der Waals surface area contributed by atoms with Gasteiger partial charge in [-0.2, -0.15) is 0 Å². The van der Waals surface area contributed by atoms with Gasteiger partial charge in [-0.1, -0.05) is 27.7 Å². The number of aliphatic hydroxyl groups is 2. The number of esters is 1. The van der Waals surface area contributed by atoms with E-state index in [1.807, 2.05) is 0 Å². The molecule has 0 radical (unpaired) electrons. The Balaban J connectivity index is 0. The highest BCUT2D eigenvalue weighted by Gasteiger charge is 2.19. The van der Waals surface area contributed by atoms with E-state index in [1.54, 1.807) is 34.6 Å². The number of carboxylic acids is 1. The minimum absolute atomic E-state index is 0.0703. The Hall–Kier alpha value is -1.14. The summed E-state index contributed by atoms with van der Waals surface area (Å²) in [6.45, 7) is 8.87. The largest absolute Gasteiger partial charge is 0.479 e. The van der Waals surface area contributed by atoms with Crippen molar-refractivity contribution in [2.24, 2.45) is 11.8 Å². The van der Waals surface area contributed by atoms with Gasteiger partial charge < -0.3 is 20.1 Å². The summed E-state index contributed by atoms with van der Waals surface area (Å²) < 4.78 is 4.58. The molecule has 0 amide bonds. The van der Waals surface area contributed by atoms with Gasteiger partial charge in [0.25, 0.3) is 0 Å². The van der Waals surface area contributed by atoms with Crippen LogP contribution in [0.3, 0.4) is 0 Å². The molecule has 0 saturated heterocycles. The van der Waals surface area contributed by atoms with Gasteiger partial charge in [-0.05, 0) is 18.8 Å². The number of hydrogen-bond acceptors (Lipinski definition) is 5. The Bertz CT molecular complexity index is 249. The van der Waals surface area contributed by atoms with Crippen LogP contribution in [0, 0.1) is 11.8 Å². The Morgan fingerprint density at radius 3 is 1.56 bits per heavy atom. The third kappa shape index (κ3) is 8.95. The van der Waals surface area contributed by atoms with Crippen LogP contribution in [-0.4, -0.2) is 46.1 Å². The Kier molecular flexibility index (Phi) is 10.5. The van der Waals surface area contributed by atoms with Crippen molar-refractivity contribution in [1.82, 2.24) is 0 Å². The van der Waals surface area contributed by atoms with Gasteiger partial charge in [-0.15, -0.1) is 0 Å². The number of carbonyl (C=O) groups is 2. The second-order valence-corrected chi connectivity index (χ2v) is 4.47. The number of hydrogen-bond donors (Lipinski definition) is 3. The molecule has 0 heterocycles. The Morgan fingerprint density at radius 1 is 1.00 bits per heavy atom. The average Bonchev–Trinajstić information content (AvgIpc) is 2.27. The van der Waals surface area contributed by atoms with Crippen molar-refractivity contribution in [1.29, 1.82) is 0 Å². The molecule has 0 aliphatic heterocycles. The van der Waals surface area contributed by atoms with Gasteiger partial charge >= 0.3 is 11.9 Å². The van der Waals surface area contributed by atoms with Crippen LogP contribution in [0.25, 0.3) is 0 Å². The molecule has 2 atom stereocenters. The number of carbonyl (C=O) groups excluding carboxylic acids is 1. The highest BCUT2D eigenvalue weighted by atomic mass is 16.5. The van der Waals surface area contributed by atoms with Crippen LogP contribution in [0.4, 0.5) is 0 Å². The standard InChI is InChI=1S/C7H14O3.C5H10O3/c1-4-10-7(9)6(8)5(2)3;1-3(2)4(6)5(7)8/h5-6,8H,4H2,1-3H3;3-4,6H,1-2H3,(H,7,8)/t6-;4-/m11/s1. The first-order valence-electron chi connectivity index (χ1n) is 5.90. The number of rotatable bonds is 5. The summed E-state index contributed by atoms with van der Waals surface area (Å²) in [6, 6.07) is 0. The van der Waals surface area contributed by atoms with E-state index in [-0.39, 0.29) is 11.8 Å². The summed E-state index contributed by atoms with van der Waals surface area (Å²) in [4.78, 5) is 20.6. The zero-order valence-electron chi connectivity index (χ0n) is 11.6. The van der Waals surface area contributed by atoms with Crippen molar-refractivity contribution in [3.05, 3.63) is 0 Å². The van der Waals surface area contributed by atoms with Crippen LogP contribution in [0.1, 0.15) is 34.6 Å². The zero-order valence-corrected chi connectivity index (χ0v) is 11.6. The Morgan fingerprint density at radius 2 is 1.39 bits per heavy atom. The van der Waals surface area contributed by atoms with Crippen LogP contribution >= 0.6 is 0 Å². The fourth-order valence-electron chi connectivity index (χ4n) is 0.785. The van der Waals surface area contributed by atoms with Crippen molar-refractivity contribution >= 4 is 11.9 Å². The maximum absolute atomic E-state index is 10.7. The zero-order chi connectivity index (χ0) is 14.9. The lowest BCUT2D eigenvalue weighted by atomic mass is 10.1. The average molecular weight is 264 g/mol. The van der Waals surface area contributed by atoms with E-state index >= 15 is 0 Å². The molecule has 0 fully saturated rings. The van der Waals surface area contributed by atoms with Crippen LogP contribution in [0.15, 0.2) is 0 Å². The van der Waals surface area contributed by atoms with Crippen LogP contribution in [0.5, 0.6) is 0 Å². The van der Waals surface area contributed by atoms with Crippen LogP contribution in [0.2, 0.25) is 0 Å². The molecule has 0 saturated carbocycles. The second kappa shape index (κ2) is 9.85. The molecule has 0 spiro atoms. The van der Waals surface area contributed by atoms with Gasteiger partial charge in [0.1, 0.15) is 0 Å². The van der Waals surface area contributed by atoms with Crippen molar-refractivity contribution in [2.75, 3.05) is 6.61 Å². The third-order valence-electron chi connectivity index (χ3n) is 2.04. The summed E-state index contributed by atoms with van der Waals surface area (Å²) in [5, 5.41) is 25.8. The molecule has 0 aliphatic rings. The molecule has 6 nitrogen and oxygen atoms in total. The summed E-state index contributed by atoms with van der Waals surface area (Å²) in [5.74, 6) is -1.95. The molecular weight excluding hydrogens is 240 g/mol. The lowest BCUT2D eigenvalue weighted by molar-refractivity contribution is -0.155. The number of aliphatic hydroxyl groups excluding tert-OH is 2. The first-order valence-corrected chi connectivity index (χ1v) is 5.90. The summed E-state index contributed by atoms with van der Waals surface area (Å²) in [6.07, 6.45) is -2.19. The smallest absolute Gasteiger partial charge is 0.335 e. The van der Waals surface area contributed by atoms with E-state index < -0.39 is 24.1 Å². The topological polar surface area (TPSA) is 104 Å². The molecule has 18 heavy (non-hydrogen) atoms. The van der Waals surface area contributed by atoms with Crippen molar-refractivity contribution < 1.29 is 29.6 Å². The first-order chi connectivity index (χ1) is 8.14. The van der Waals surface area contributed by atoms with Gasteiger partial charge in [0, 0.05) is 0 Å². The van der Waals surface area contributed by atoms with Crippen molar-refractivity contribution in [3.63, 3.8) is 0 Å². The van der Waals surface area contributed by atoms with Crippen LogP contribution in [-0.2, 0) is 14.3 Å². The van der Waals surface area contributed by atoms with E-state index in [9.17, 15) is 9.59 Å². The molecule has 6 heteroatoms. The number of aliphatic carboxylic acids is 1. The normalized spacial score (nSPS) is 13.6. The molecule has 0 aromatic carbocycles. The van der Waals surface area contributed by atoms with Gasteiger partial charge in [-0.3, -0.25) is 0 Å². The van der Waals surface area contributed by atoms with Crippen molar-refractivity contribution in [2.45, 2.75) is 46.8 Å². The van der Waals surface area contributed by atoms with Gasteiger partial charge in [0.15, 0.2) is 12.2 Å². The second-order valence-electron chi connectivity index (χ2n) is 4.47. The maximum Gasteiger partial charge on any atom is 0.335 e. The minimum Gasteiger partial charge on any atom is -0.479 e. The van der Waals surface area contributed by atoms with E-state index in [0.717, 1.165) is 0 Å². The van der Waals surface area contributed by atoms with E-state index in [0.29, 0.717) is 6.61 Å². The molecule has 0 unspecified atom stereocenters. The van der Waals surface area contributed by atoms with E-state index in [4.69, 9.17) is 15.3 Å². The predicted molar refractivity (Wildman–Crippen MR) is 66.0 cm³/mol. The molecule has 0 aliphatic carbocycles. The molecule has 108 valence electrons. The molecule has 0 aromatic rings. The maximum atomic E-state index is 10.7. The first kappa shape index (κ1) is 19.2. The molecule has 0 rings (SSSR count). The van der Waals surface area contributed by atoms with Gasteiger partial charge in [0.2, 0.25) is 0 Å². The molecule has 0 aromatic heterocycles. The van der Waals surface area contributed by atoms with Gasteiger partial charge in [-0.25, -0.2) is 9.59 Å². The SMILES string of the molecule is CC(C)[C@@H](O)C(=O)O.CCOC(=O)[C@H](O)C(C)C. The number of carboxylic acid groups (broad SMARTS) is 1. The third-order valence-corrected chi connectivity index (χ3v) is 2.04. The highest BCUT2D eigenvalue weighted by Crippen LogP contribution is 2.02. The highest BCUT2D eigenvalue weighted by molar-refractivity contribution is 5.74. The summed E-state index contributed by atoms with van der Waals surface area (Å²) in [5.41, 5.74) is 0. The van der Waals surface area contributed by atoms with E-state index in [1.165, 1.54) is 0 Å². The predicted octanol–water partition coefficient (Wildman–Crippen LogP) is 0.654. The molecular formula is C12H24O6. The lowest BCUT2D eigenvalue weighted by Gasteiger charge is -2.11. The minimum atomic E-state index is -1.21. The fourth-order valence-corrected chi connectivity index (χ4v) is 0.785. The monoisotopic (exact) mass is 264 g/mol. The quantitative estimate of drug-likeness (QED) is 0.630. The number of ether oxygens (including phenoxy) is 1. The van der Waals surface area contributed by atoms with Crippen LogP contribution < -0.4 is 0 Å². The van der Waals surface area contributed by atoms with Crippen molar-refractivity contribution in [3.8, 4) is 0 Å². The summed E-state index contributed by atoms with van der Waals surface area (Å²) in [7, 11) is 0. The Labute approximate surface area is 108 Å².